The Morgan fingerprint density at radius 2 is 2.06 bits per heavy atom. The summed E-state index contributed by atoms with van der Waals surface area (Å²) in [6, 6.07) is 0. The maximum atomic E-state index is 6.17. The number of nitrogens with zero attached hydrogens (tertiary/aromatic N) is 2. The van der Waals surface area contributed by atoms with E-state index in [2.05, 4.69) is 36.0 Å². The van der Waals surface area contributed by atoms with E-state index in [1.165, 1.54) is 0 Å². The van der Waals surface area contributed by atoms with Crippen LogP contribution in [0.15, 0.2) is 16.0 Å². The molecular formula is C12H22ClN3O. The topological polar surface area (TPSA) is 36.9 Å². The Kier molecular flexibility index (Phi) is 5.78. The predicted octanol–water partition coefficient (Wildman–Crippen LogP) is 2.16. The molecule has 98 valence electrons. The zero-order valence-electron chi connectivity index (χ0n) is 11.0. The van der Waals surface area contributed by atoms with E-state index in [1.807, 2.05) is 6.21 Å². The van der Waals surface area contributed by atoms with Crippen molar-refractivity contribution in [2.75, 3.05) is 20.1 Å². The highest BCUT2D eigenvalue weighted by Crippen LogP contribution is 2.20. The SMILES string of the molecule is CCC=N/C(=C(/Cl)NC)N1CC(C)O[C@H](C)C1. The third-order valence-corrected chi connectivity index (χ3v) is 2.89. The Balaban J connectivity index is 2.86. The number of nitrogens with one attached hydrogen (secondary N) is 1. The summed E-state index contributed by atoms with van der Waals surface area (Å²) in [4.78, 5) is 6.61. The fraction of sp³-hybridized carbons (Fsp3) is 0.750. The molecule has 1 N–H and O–H groups in total. The maximum absolute atomic E-state index is 6.17. The highest BCUT2D eigenvalue weighted by Gasteiger charge is 2.24. The first-order valence-corrected chi connectivity index (χ1v) is 6.46. The van der Waals surface area contributed by atoms with Gasteiger partial charge < -0.3 is 15.0 Å². The average molecular weight is 260 g/mol. The minimum absolute atomic E-state index is 0.201. The molecule has 1 saturated heterocycles. The largest absolute Gasteiger partial charge is 0.376 e. The van der Waals surface area contributed by atoms with Gasteiger partial charge in [0, 0.05) is 26.4 Å². The van der Waals surface area contributed by atoms with Crippen LogP contribution >= 0.6 is 11.6 Å². The molecule has 0 aliphatic carbocycles. The van der Waals surface area contributed by atoms with Gasteiger partial charge in [0.25, 0.3) is 0 Å². The van der Waals surface area contributed by atoms with Crippen LogP contribution in [0.1, 0.15) is 27.2 Å². The van der Waals surface area contributed by atoms with Gasteiger partial charge in [-0.05, 0) is 20.3 Å². The second-order valence-corrected chi connectivity index (χ2v) is 4.65. The summed E-state index contributed by atoms with van der Waals surface area (Å²) < 4.78 is 5.70. The molecule has 1 aliphatic heterocycles. The predicted molar refractivity (Wildman–Crippen MR) is 72.3 cm³/mol. The van der Waals surface area contributed by atoms with Crippen LogP contribution in [-0.2, 0) is 4.74 Å². The lowest BCUT2D eigenvalue weighted by molar-refractivity contribution is -0.0582. The van der Waals surface area contributed by atoms with E-state index in [9.17, 15) is 0 Å². The molecule has 0 radical (unpaired) electrons. The molecule has 0 saturated carbocycles. The van der Waals surface area contributed by atoms with E-state index >= 15 is 0 Å². The molecular weight excluding hydrogens is 238 g/mol. The molecule has 5 heteroatoms. The van der Waals surface area contributed by atoms with Crippen molar-refractivity contribution in [2.24, 2.45) is 4.99 Å². The van der Waals surface area contributed by atoms with Crippen LogP contribution in [0.4, 0.5) is 0 Å². The lowest BCUT2D eigenvalue weighted by Crippen LogP contribution is -2.45. The van der Waals surface area contributed by atoms with Crippen molar-refractivity contribution in [3.8, 4) is 0 Å². The molecule has 0 aromatic heterocycles. The number of ether oxygens (including phenoxy) is 1. The van der Waals surface area contributed by atoms with Crippen molar-refractivity contribution in [1.82, 2.24) is 10.2 Å². The summed E-state index contributed by atoms with van der Waals surface area (Å²) in [5.41, 5.74) is 0. The molecule has 1 unspecified atom stereocenters. The van der Waals surface area contributed by atoms with Crippen LogP contribution in [0.2, 0.25) is 0 Å². The van der Waals surface area contributed by atoms with Crippen LogP contribution in [0.25, 0.3) is 0 Å². The number of rotatable bonds is 4. The molecule has 0 spiro atoms. The van der Waals surface area contributed by atoms with Crippen LogP contribution in [0.5, 0.6) is 0 Å². The van der Waals surface area contributed by atoms with E-state index in [1.54, 1.807) is 7.05 Å². The van der Waals surface area contributed by atoms with Gasteiger partial charge in [-0.3, -0.25) is 0 Å². The molecule has 0 aromatic carbocycles. The first-order valence-electron chi connectivity index (χ1n) is 6.08. The number of halogens is 1. The smallest absolute Gasteiger partial charge is 0.163 e. The average Bonchev–Trinajstić information content (AvgIpc) is 2.28. The molecule has 1 heterocycles. The molecule has 1 fully saturated rings. The van der Waals surface area contributed by atoms with Crippen molar-refractivity contribution < 1.29 is 4.74 Å². The Morgan fingerprint density at radius 1 is 1.47 bits per heavy atom. The number of aliphatic imine (C=N–C) groups is 1. The van der Waals surface area contributed by atoms with Gasteiger partial charge in [-0.15, -0.1) is 0 Å². The Bertz CT molecular complexity index is 294. The highest BCUT2D eigenvalue weighted by molar-refractivity contribution is 6.29. The summed E-state index contributed by atoms with van der Waals surface area (Å²) in [5, 5.41) is 3.53. The van der Waals surface area contributed by atoms with Crippen molar-refractivity contribution in [1.29, 1.82) is 0 Å². The quantitative estimate of drug-likeness (QED) is 0.621. The van der Waals surface area contributed by atoms with Gasteiger partial charge in [-0.1, -0.05) is 18.5 Å². The molecule has 0 amide bonds. The first kappa shape index (κ1) is 14.3. The molecule has 2 atom stereocenters. The monoisotopic (exact) mass is 259 g/mol. The Morgan fingerprint density at radius 3 is 2.53 bits per heavy atom. The van der Waals surface area contributed by atoms with Crippen molar-refractivity contribution in [3.63, 3.8) is 0 Å². The lowest BCUT2D eigenvalue weighted by Gasteiger charge is -2.37. The van der Waals surface area contributed by atoms with E-state index < -0.39 is 0 Å². The van der Waals surface area contributed by atoms with Gasteiger partial charge in [-0.2, -0.15) is 0 Å². The van der Waals surface area contributed by atoms with Crippen LogP contribution < -0.4 is 5.32 Å². The molecule has 1 aliphatic rings. The van der Waals surface area contributed by atoms with Crippen molar-refractivity contribution in [2.45, 2.75) is 39.4 Å². The second-order valence-electron chi connectivity index (χ2n) is 4.27. The zero-order chi connectivity index (χ0) is 12.8. The van der Waals surface area contributed by atoms with E-state index in [4.69, 9.17) is 16.3 Å². The van der Waals surface area contributed by atoms with Gasteiger partial charge in [0.1, 0.15) is 5.16 Å². The normalized spacial score (nSPS) is 27.2. The minimum atomic E-state index is 0.201. The highest BCUT2D eigenvalue weighted by atomic mass is 35.5. The van der Waals surface area contributed by atoms with E-state index in [0.717, 1.165) is 25.3 Å². The Hall–Kier alpha value is -0.740. The van der Waals surface area contributed by atoms with Crippen LogP contribution in [0, 0.1) is 0 Å². The van der Waals surface area contributed by atoms with Crippen molar-refractivity contribution >= 4 is 17.8 Å². The summed E-state index contributed by atoms with van der Waals surface area (Å²) in [6.07, 6.45) is 3.17. The van der Waals surface area contributed by atoms with Gasteiger partial charge >= 0.3 is 0 Å². The van der Waals surface area contributed by atoms with Crippen LogP contribution in [0.3, 0.4) is 0 Å². The third kappa shape index (κ3) is 4.21. The van der Waals surface area contributed by atoms with Crippen molar-refractivity contribution in [3.05, 3.63) is 11.0 Å². The summed E-state index contributed by atoms with van der Waals surface area (Å²) >= 11 is 6.17. The van der Waals surface area contributed by atoms with Crippen LogP contribution in [-0.4, -0.2) is 43.5 Å². The Labute approximate surface area is 109 Å². The summed E-state index contributed by atoms with van der Waals surface area (Å²) in [5.74, 6) is 0.804. The summed E-state index contributed by atoms with van der Waals surface area (Å²) in [7, 11) is 1.80. The third-order valence-electron chi connectivity index (χ3n) is 2.53. The van der Waals surface area contributed by atoms with E-state index in [-0.39, 0.29) is 12.2 Å². The molecule has 4 nitrogen and oxygen atoms in total. The molecule has 0 bridgehead atoms. The minimum Gasteiger partial charge on any atom is -0.376 e. The number of hydrogen-bond donors (Lipinski definition) is 1. The molecule has 1 rings (SSSR count). The van der Waals surface area contributed by atoms with Gasteiger partial charge in [0.2, 0.25) is 0 Å². The number of hydrogen-bond acceptors (Lipinski definition) is 4. The van der Waals surface area contributed by atoms with Gasteiger partial charge in [-0.25, -0.2) is 4.99 Å². The first-order chi connectivity index (χ1) is 8.08. The lowest BCUT2D eigenvalue weighted by atomic mass is 10.2. The fourth-order valence-electron chi connectivity index (χ4n) is 1.92. The number of morpholine rings is 1. The van der Waals surface area contributed by atoms with Gasteiger partial charge in [0.15, 0.2) is 5.82 Å². The van der Waals surface area contributed by atoms with E-state index in [0.29, 0.717) is 5.16 Å². The fourth-order valence-corrected chi connectivity index (χ4v) is 2.09. The molecule has 17 heavy (non-hydrogen) atoms. The zero-order valence-corrected chi connectivity index (χ0v) is 11.8. The molecule has 0 aromatic rings. The van der Waals surface area contributed by atoms with Gasteiger partial charge in [0.05, 0.1) is 12.2 Å². The second kappa shape index (κ2) is 6.87. The standard InChI is InChI=1S/C12H22ClN3O/c1-5-6-15-12(11(13)14-4)16-7-9(2)17-10(3)8-16/h6,9-10,14H,5,7-8H2,1-4H3/b12-11+,15-6?/t9-,10?/m1/s1. The maximum Gasteiger partial charge on any atom is 0.163 e. The summed E-state index contributed by atoms with van der Waals surface area (Å²) in [6.45, 7) is 7.82.